The fourth-order valence-corrected chi connectivity index (χ4v) is 3.00. The summed E-state index contributed by atoms with van der Waals surface area (Å²) in [6, 6.07) is 0.00819. The minimum atomic E-state index is -0.173. The lowest BCUT2D eigenvalue weighted by atomic mass is 10.00. The number of rotatable bonds is 5. The molecule has 6 nitrogen and oxygen atoms in total. The lowest BCUT2D eigenvalue weighted by molar-refractivity contribution is -0.139. The number of nitrogens with one attached hydrogen (secondary N) is 1. The summed E-state index contributed by atoms with van der Waals surface area (Å²) in [6.07, 6.45) is 4.00. The van der Waals surface area contributed by atoms with Gasteiger partial charge in [0.05, 0.1) is 0 Å². The molecule has 1 unspecified atom stereocenters. The molecule has 124 valence electrons. The Morgan fingerprint density at radius 3 is 2.45 bits per heavy atom. The molecule has 6 heteroatoms. The van der Waals surface area contributed by atoms with Gasteiger partial charge in [-0.05, 0) is 31.6 Å². The third-order valence-electron chi connectivity index (χ3n) is 4.63. The Balaban J connectivity index is 1.58. The summed E-state index contributed by atoms with van der Waals surface area (Å²) in [6.45, 7) is 6.75. The number of unbranched alkanes of at least 4 members (excludes halogenated alkanes) is 1. The van der Waals surface area contributed by atoms with E-state index in [-0.39, 0.29) is 23.8 Å². The highest BCUT2D eigenvalue weighted by molar-refractivity contribution is 6.03. The van der Waals surface area contributed by atoms with E-state index in [0.29, 0.717) is 25.4 Å². The molecule has 0 spiro atoms. The van der Waals surface area contributed by atoms with Gasteiger partial charge in [-0.25, -0.2) is 4.79 Å². The first-order valence-electron chi connectivity index (χ1n) is 8.36. The van der Waals surface area contributed by atoms with Crippen molar-refractivity contribution in [1.29, 1.82) is 0 Å². The van der Waals surface area contributed by atoms with E-state index in [1.807, 2.05) is 4.90 Å². The van der Waals surface area contributed by atoms with Gasteiger partial charge in [0, 0.05) is 38.5 Å². The van der Waals surface area contributed by atoms with E-state index in [9.17, 15) is 14.4 Å². The quantitative estimate of drug-likeness (QED) is 0.619. The third-order valence-corrected chi connectivity index (χ3v) is 4.63. The normalized spacial score (nSPS) is 23.3. The Morgan fingerprint density at radius 2 is 1.86 bits per heavy atom. The average molecular weight is 309 g/mol. The monoisotopic (exact) mass is 309 g/mol. The number of hydrogen-bond acceptors (Lipinski definition) is 3. The molecule has 0 bridgehead atoms. The standard InChI is InChI=1S/C16H27N3O3/c1-12-5-9-18(10-6-12)16(22)17-7-3-4-8-19-14(20)11-13(2)15(19)21/h12-13H,3-11H2,1-2H3,(H,17,22). The number of nitrogens with zero attached hydrogens (tertiary/aromatic N) is 2. The van der Waals surface area contributed by atoms with E-state index in [1.54, 1.807) is 6.92 Å². The number of piperidine rings is 1. The molecule has 2 saturated heterocycles. The Kier molecular flexibility index (Phi) is 5.80. The van der Waals surface area contributed by atoms with Crippen molar-refractivity contribution in [1.82, 2.24) is 15.1 Å². The first kappa shape index (κ1) is 16.8. The van der Waals surface area contributed by atoms with Crippen molar-refractivity contribution >= 4 is 17.8 Å². The first-order valence-corrected chi connectivity index (χ1v) is 8.36. The van der Waals surface area contributed by atoms with Crippen molar-refractivity contribution in [2.75, 3.05) is 26.2 Å². The Bertz CT molecular complexity index is 430. The smallest absolute Gasteiger partial charge is 0.317 e. The highest BCUT2D eigenvalue weighted by atomic mass is 16.2. The van der Waals surface area contributed by atoms with Crippen LogP contribution in [-0.2, 0) is 9.59 Å². The second-order valence-corrected chi connectivity index (χ2v) is 6.60. The zero-order chi connectivity index (χ0) is 16.1. The molecule has 0 aliphatic carbocycles. The van der Waals surface area contributed by atoms with Crippen LogP contribution in [0, 0.1) is 11.8 Å². The number of carbonyl (C=O) groups is 3. The number of hydrogen-bond donors (Lipinski definition) is 1. The number of imide groups is 1. The molecule has 0 aromatic carbocycles. The van der Waals surface area contributed by atoms with Crippen LogP contribution in [0.2, 0.25) is 0 Å². The van der Waals surface area contributed by atoms with Gasteiger partial charge in [0.15, 0.2) is 0 Å². The van der Waals surface area contributed by atoms with Crippen molar-refractivity contribution in [3.05, 3.63) is 0 Å². The lowest BCUT2D eigenvalue weighted by Gasteiger charge is -2.30. The summed E-state index contributed by atoms with van der Waals surface area (Å²) < 4.78 is 0. The van der Waals surface area contributed by atoms with E-state index in [0.717, 1.165) is 38.8 Å². The second kappa shape index (κ2) is 7.61. The van der Waals surface area contributed by atoms with Crippen LogP contribution < -0.4 is 5.32 Å². The maximum atomic E-state index is 12.0. The van der Waals surface area contributed by atoms with Gasteiger partial charge in [-0.3, -0.25) is 14.5 Å². The SMILES string of the molecule is CC1CCN(C(=O)NCCCCN2C(=O)CC(C)C2=O)CC1. The van der Waals surface area contributed by atoms with Crippen LogP contribution in [0.1, 0.15) is 46.0 Å². The van der Waals surface area contributed by atoms with Crippen LogP contribution >= 0.6 is 0 Å². The molecule has 0 saturated carbocycles. The first-order chi connectivity index (χ1) is 10.5. The number of carbonyl (C=O) groups excluding carboxylic acids is 3. The van der Waals surface area contributed by atoms with Crippen molar-refractivity contribution in [3.8, 4) is 0 Å². The minimum absolute atomic E-state index is 0.00819. The Labute approximate surface area is 132 Å². The summed E-state index contributed by atoms with van der Waals surface area (Å²) >= 11 is 0. The largest absolute Gasteiger partial charge is 0.338 e. The zero-order valence-electron chi connectivity index (χ0n) is 13.6. The van der Waals surface area contributed by atoms with Crippen LogP contribution in [0.3, 0.4) is 0 Å². The van der Waals surface area contributed by atoms with Gasteiger partial charge in [-0.2, -0.15) is 0 Å². The average Bonchev–Trinajstić information content (AvgIpc) is 2.73. The van der Waals surface area contributed by atoms with Crippen molar-refractivity contribution in [2.24, 2.45) is 11.8 Å². The molecule has 1 N–H and O–H groups in total. The van der Waals surface area contributed by atoms with Crippen molar-refractivity contribution in [3.63, 3.8) is 0 Å². The van der Waals surface area contributed by atoms with E-state index in [4.69, 9.17) is 0 Å². The predicted octanol–water partition coefficient (Wildman–Crippen LogP) is 1.60. The van der Waals surface area contributed by atoms with Gasteiger partial charge in [0.1, 0.15) is 0 Å². The van der Waals surface area contributed by atoms with Crippen LogP contribution in [0.15, 0.2) is 0 Å². The Hall–Kier alpha value is -1.59. The van der Waals surface area contributed by atoms with Crippen LogP contribution in [0.25, 0.3) is 0 Å². The van der Waals surface area contributed by atoms with Gasteiger partial charge in [-0.15, -0.1) is 0 Å². The third kappa shape index (κ3) is 4.21. The van der Waals surface area contributed by atoms with E-state index < -0.39 is 0 Å². The number of urea groups is 1. The molecule has 1 atom stereocenters. The fourth-order valence-electron chi connectivity index (χ4n) is 3.00. The Morgan fingerprint density at radius 1 is 1.18 bits per heavy atom. The second-order valence-electron chi connectivity index (χ2n) is 6.60. The molecule has 2 aliphatic rings. The van der Waals surface area contributed by atoms with Crippen molar-refractivity contribution in [2.45, 2.75) is 46.0 Å². The molecule has 4 amide bonds. The van der Waals surface area contributed by atoms with Gasteiger partial charge >= 0.3 is 6.03 Å². The maximum absolute atomic E-state index is 12.0. The van der Waals surface area contributed by atoms with Gasteiger partial charge in [0.2, 0.25) is 11.8 Å². The van der Waals surface area contributed by atoms with Gasteiger partial charge in [-0.1, -0.05) is 13.8 Å². The molecule has 0 aromatic heterocycles. The highest BCUT2D eigenvalue weighted by Gasteiger charge is 2.34. The molecule has 2 heterocycles. The van der Waals surface area contributed by atoms with Crippen LogP contribution in [0.4, 0.5) is 4.79 Å². The van der Waals surface area contributed by atoms with Gasteiger partial charge in [0.25, 0.3) is 0 Å². The maximum Gasteiger partial charge on any atom is 0.317 e. The highest BCUT2D eigenvalue weighted by Crippen LogP contribution is 2.19. The summed E-state index contributed by atoms with van der Waals surface area (Å²) in [7, 11) is 0. The predicted molar refractivity (Wildman–Crippen MR) is 83.1 cm³/mol. The molecule has 22 heavy (non-hydrogen) atoms. The summed E-state index contributed by atoms with van der Waals surface area (Å²) in [5, 5.41) is 2.92. The molecule has 0 aromatic rings. The van der Waals surface area contributed by atoms with E-state index in [1.165, 1.54) is 4.90 Å². The molecular weight excluding hydrogens is 282 g/mol. The number of amides is 4. The topological polar surface area (TPSA) is 69.7 Å². The lowest BCUT2D eigenvalue weighted by Crippen LogP contribution is -2.44. The molecule has 0 radical (unpaired) electrons. The molecular formula is C16H27N3O3. The van der Waals surface area contributed by atoms with E-state index in [2.05, 4.69) is 12.2 Å². The summed E-state index contributed by atoms with van der Waals surface area (Å²) in [5.41, 5.74) is 0. The van der Waals surface area contributed by atoms with Crippen molar-refractivity contribution < 1.29 is 14.4 Å². The summed E-state index contributed by atoms with van der Waals surface area (Å²) in [4.78, 5) is 38.6. The molecule has 2 rings (SSSR count). The number of likely N-dealkylation sites (tertiary alicyclic amines) is 2. The van der Waals surface area contributed by atoms with E-state index >= 15 is 0 Å². The minimum Gasteiger partial charge on any atom is -0.338 e. The summed E-state index contributed by atoms with van der Waals surface area (Å²) in [5.74, 6) is 0.413. The van der Waals surface area contributed by atoms with Crippen LogP contribution in [0.5, 0.6) is 0 Å². The fraction of sp³-hybridized carbons (Fsp3) is 0.812. The van der Waals surface area contributed by atoms with Crippen LogP contribution in [-0.4, -0.2) is 53.8 Å². The zero-order valence-corrected chi connectivity index (χ0v) is 13.6. The van der Waals surface area contributed by atoms with Gasteiger partial charge < -0.3 is 10.2 Å². The molecule has 2 fully saturated rings. The molecule has 2 aliphatic heterocycles.